The minimum absolute atomic E-state index is 0.252. The molecule has 0 fully saturated rings. The summed E-state index contributed by atoms with van der Waals surface area (Å²) in [6.07, 6.45) is 1.72. The highest BCUT2D eigenvalue weighted by Crippen LogP contribution is 2.08. The highest BCUT2D eigenvalue weighted by atomic mass is 19.1. The minimum atomic E-state index is -0.936. The molecule has 2 aromatic rings. The maximum absolute atomic E-state index is 12.1. The number of hydrogen-bond donors (Lipinski definition) is 2. The van der Waals surface area contributed by atoms with Crippen molar-refractivity contribution in [2.75, 3.05) is 6.67 Å². The Kier molecular flexibility index (Phi) is 4.84. The summed E-state index contributed by atoms with van der Waals surface area (Å²) in [4.78, 5) is 11.1. The summed E-state index contributed by atoms with van der Waals surface area (Å²) in [6, 6.07) is 8.67. The molecule has 0 aliphatic carbocycles. The average molecular weight is 277 g/mol. The lowest BCUT2D eigenvalue weighted by Crippen LogP contribution is -2.16. The van der Waals surface area contributed by atoms with E-state index in [2.05, 4.69) is 10.4 Å². The minimum Gasteiger partial charge on any atom is -0.478 e. The molecule has 1 aromatic heterocycles. The van der Waals surface area contributed by atoms with Crippen LogP contribution in [-0.4, -0.2) is 27.5 Å². The highest BCUT2D eigenvalue weighted by molar-refractivity contribution is 5.89. The van der Waals surface area contributed by atoms with Crippen LogP contribution < -0.4 is 5.32 Å². The maximum Gasteiger partial charge on any atom is 0.336 e. The monoisotopic (exact) mass is 277 g/mol. The molecule has 0 atom stereocenters. The molecule has 20 heavy (non-hydrogen) atoms. The van der Waals surface area contributed by atoms with E-state index >= 15 is 0 Å². The molecule has 0 spiro atoms. The van der Waals surface area contributed by atoms with Gasteiger partial charge in [0.25, 0.3) is 0 Å². The van der Waals surface area contributed by atoms with E-state index in [9.17, 15) is 9.18 Å². The van der Waals surface area contributed by atoms with E-state index in [0.29, 0.717) is 18.7 Å². The predicted octanol–water partition coefficient (Wildman–Crippen LogP) is 1.84. The summed E-state index contributed by atoms with van der Waals surface area (Å²) in [6.45, 7) is 0.758. The van der Waals surface area contributed by atoms with E-state index in [1.54, 1.807) is 35.1 Å². The van der Waals surface area contributed by atoms with Gasteiger partial charge >= 0.3 is 5.97 Å². The first kappa shape index (κ1) is 14.2. The Morgan fingerprint density at radius 1 is 1.30 bits per heavy atom. The zero-order valence-electron chi connectivity index (χ0n) is 10.9. The number of rotatable bonds is 7. The lowest BCUT2D eigenvalue weighted by Gasteiger charge is -2.06. The Morgan fingerprint density at radius 3 is 2.85 bits per heavy atom. The molecule has 5 nitrogen and oxygen atoms in total. The number of alkyl halides is 1. The molecule has 1 aromatic carbocycles. The molecule has 1 heterocycles. The molecule has 0 amide bonds. The van der Waals surface area contributed by atoms with Crippen molar-refractivity contribution < 1.29 is 14.3 Å². The zero-order chi connectivity index (χ0) is 14.4. The first-order chi connectivity index (χ1) is 9.70. The third kappa shape index (κ3) is 3.64. The lowest BCUT2D eigenvalue weighted by molar-refractivity contribution is 0.0695. The topological polar surface area (TPSA) is 67.2 Å². The van der Waals surface area contributed by atoms with Gasteiger partial charge in [-0.1, -0.05) is 18.2 Å². The lowest BCUT2D eigenvalue weighted by atomic mass is 10.1. The predicted molar refractivity (Wildman–Crippen MR) is 72.1 cm³/mol. The van der Waals surface area contributed by atoms with E-state index in [4.69, 9.17) is 5.11 Å². The van der Waals surface area contributed by atoms with Gasteiger partial charge in [0.2, 0.25) is 0 Å². The van der Waals surface area contributed by atoms with Crippen LogP contribution in [0.1, 0.15) is 21.6 Å². The van der Waals surface area contributed by atoms with E-state index in [-0.39, 0.29) is 6.54 Å². The second kappa shape index (κ2) is 6.81. The molecule has 2 N–H and O–H groups in total. The first-order valence-corrected chi connectivity index (χ1v) is 6.31. The van der Waals surface area contributed by atoms with Crippen LogP contribution in [0.3, 0.4) is 0 Å². The van der Waals surface area contributed by atoms with Gasteiger partial charge in [-0.25, -0.2) is 9.18 Å². The standard InChI is InChI=1S/C14H16FN3O2/c15-6-8-18-7-5-12(17-18)10-16-9-11-3-1-2-4-13(11)14(19)20/h1-5,7,16H,6,8-10H2,(H,19,20). The van der Waals surface area contributed by atoms with Crippen LogP contribution in [0.5, 0.6) is 0 Å². The Bertz CT molecular complexity index is 583. The number of aromatic nitrogens is 2. The molecule has 0 saturated heterocycles. The summed E-state index contributed by atoms with van der Waals surface area (Å²) in [7, 11) is 0. The van der Waals surface area contributed by atoms with E-state index in [0.717, 1.165) is 11.3 Å². The third-order valence-electron chi connectivity index (χ3n) is 2.88. The largest absolute Gasteiger partial charge is 0.478 e. The van der Waals surface area contributed by atoms with Crippen molar-refractivity contribution in [1.29, 1.82) is 0 Å². The van der Waals surface area contributed by atoms with Gasteiger partial charge in [-0.05, 0) is 17.7 Å². The van der Waals surface area contributed by atoms with Gasteiger partial charge in [-0.3, -0.25) is 4.68 Å². The second-order valence-electron chi connectivity index (χ2n) is 4.32. The molecule has 0 aliphatic heterocycles. The normalized spacial score (nSPS) is 10.7. The Balaban J connectivity index is 1.91. The maximum atomic E-state index is 12.1. The number of nitrogens with zero attached hydrogens (tertiary/aromatic N) is 2. The number of hydrogen-bond acceptors (Lipinski definition) is 3. The molecule has 6 heteroatoms. The Hall–Kier alpha value is -2.21. The average Bonchev–Trinajstić information content (AvgIpc) is 2.87. The van der Waals surface area contributed by atoms with Gasteiger partial charge in [0.05, 0.1) is 17.8 Å². The van der Waals surface area contributed by atoms with Gasteiger partial charge in [-0.15, -0.1) is 0 Å². The molecule has 106 valence electrons. The SMILES string of the molecule is O=C(O)c1ccccc1CNCc1ccn(CCF)n1. The Morgan fingerprint density at radius 2 is 2.10 bits per heavy atom. The first-order valence-electron chi connectivity index (χ1n) is 6.31. The van der Waals surface area contributed by atoms with Gasteiger partial charge < -0.3 is 10.4 Å². The van der Waals surface area contributed by atoms with Crippen LogP contribution in [0.25, 0.3) is 0 Å². The van der Waals surface area contributed by atoms with Gasteiger partial charge in [0.15, 0.2) is 0 Å². The number of carboxylic acid groups (broad SMARTS) is 1. The molecule has 0 aliphatic rings. The van der Waals surface area contributed by atoms with Crippen molar-refractivity contribution in [2.45, 2.75) is 19.6 Å². The molecular weight excluding hydrogens is 261 g/mol. The summed E-state index contributed by atoms with van der Waals surface area (Å²) < 4.78 is 13.7. The van der Waals surface area contributed by atoms with E-state index in [1.807, 2.05) is 6.07 Å². The molecule has 0 bridgehead atoms. The molecule has 2 rings (SSSR count). The summed E-state index contributed by atoms with van der Waals surface area (Å²) >= 11 is 0. The van der Waals surface area contributed by atoms with E-state index in [1.165, 1.54) is 0 Å². The van der Waals surface area contributed by atoms with Crippen molar-refractivity contribution >= 4 is 5.97 Å². The van der Waals surface area contributed by atoms with Gasteiger partial charge in [0.1, 0.15) is 6.67 Å². The number of benzene rings is 1. The van der Waals surface area contributed by atoms with Crippen LogP contribution in [0, 0.1) is 0 Å². The Labute approximate surface area is 116 Å². The summed E-state index contributed by atoms with van der Waals surface area (Å²) in [5, 5.41) is 16.4. The molecule has 0 saturated carbocycles. The van der Waals surface area contributed by atoms with E-state index < -0.39 is 12.6 Å². The van der Waals surface area contributed by atoms with Crippen LogP contribution in [0.2, 0.25) is 0 Å². The fraction of sp³-hybridized carbons (Fsp3) is 0.286. The number of aryl methyl sites for hydroxylation is 1. The van der Waals surface area contributed by atoms with Crippen LogP contribution >= 0.6 is 0 Å². The fourth-order valence-electron chi connectivity index (χ4n) is 1.92. The third-order valence-corrected chi connectivity index (χ3v) is 2.88. The highest BCUT2D eigenvalue weighted by Gasteiger charge is 2.08. The van der Waals surface area contributed by atoms with Crippen LogP contribution in [0.4, 0.5) is 4.39 Å². The van der Waals surface area contributed by atoms with Crippen molar-refractivity contribution in [3.05, 3.63) is 53.3 Å². The number of nitrogens with one attached hydrogen (secondary N) is 1. The van der Waals surface area contributed by atoms with Crippen LogP contribution in [0.15, 0.2) is 36.5 Å². The van der Waals surface area contributed by atoms with Gasteiger partial charge in [0, 0.05) is 19.3 Å². The summed E-state index contributed by atoms with van der Waals surface area (Å²) in [5.74, 6) is -0.936. The fourth-order valence-corrected chi connectivity index (χ4v) is 1.92. The van der Waals surface area contributed by atoms with Gasteiger partial charge in [-0.2, -0.15) is 5.10 Å². The quantitative estimate of drug-likeness (QED) is 0.810. The molecule has 0 unspecified atom stereocenters. The number of carbonyl (C=O) groups is 1. The van der Waals surface area contributed by atoms with Crippen molar-refractivity contribution in [3.63, 3.8) is 0 Å². The second-order valence-corrected chi connectivity index (χ2v) is 4.32. The molecule has 0 radical (unpaired) electrons. The summed E-state index contributed by atoms with van der Waals surface area (Å²) in [5.41, 5.74) is 1.82. The number of carboxylic acids is 1. The van der Waals surface area contributed by atoms with Crippen LogP contribution in [-0.2, 0) is 19.6 Å². The number of halogens is 1. The van der Waals surface area contributed by atoms with Crippen molar-refractivity contribution in [3.8, 4) is 0 Å². The molecular formula is C14H16FN3O2. The smallest absolute Gasteiger partial charge is 0.336 e. The van der Waals surface area contributed by atoms with Crippen molar-refractivity contribution in [2.24, 2.45) is 0 Å². The van der Waals surface area contributed by atoms with Crippen molar-refractivity contribution in [1.82, 2.24) is 15.1 Å². The zero-order valence-corrected chi connectivity index (χ0v) is 10.9. The number of aromatic carboxylic acids is 1.